The zero-order valence-corrected chi connectivity index (χ0v) is 11.4. The minimum atomic E-state index is 0.670. The molecule has 0 unspecified atom stereocenters. The van der Waals surface area contributed by atoms with E-state index in [1.807, 2.05) is 49.0 Å². The Morgan fingerprint density at radius 2 is 2.16 bits per heavy atom. The van der Waals surface area contributed by atoms with Crippen molar-refractivity contribution in [2.24, 2.45) is 7.05 Å². The van der Waals surface area contributed by atoms with Gasteiger partial charge in [-0.15, -0.1) is 0 Å². The Kier molecular flexibility index (Phi) is 3.76. The van der Waals surface area contributed by atoms with Gasteiger partial charge >= 0.3 is 0 Å². The maximum Gasteiger partial charge on any atom is 0.120 e. The summed E-state index contributed by atoms with van der Waals surface area (Å²) < 4.78 is 7.01. The van der Waals surface area contributed by atoms with Crippen molar-refractivity contribution in [3.63, 3.8) is 0 Å². The van der Waals surface area contributed by atoms with Crippen LogP contribution >= 0.6 is 0 Å². The van der Waals surface area contributed by atoms with Crippen LogP contribution in [0.15, 0.2) is 30.5 Å². The van der Waals surface area contributed by atoms with Gasteiger partial charge in [-0.1, -0.05) is 0 Å². The van der Waals surface area contributed by atoms with Gasteiger partial charge in [-0.2, -0.15) is 5.26 Å². The fraction of sp³-hybridized carbons (Fsp3) is 0.267. The minimum Gasteiger partial charge on any atom is -0.497 e. The largest absolute Gasteiger partial charge is 0.497 e. The Labute approximate surface area is 113 Å². The molecule has 2 aromatic rings. The van der Waals surface area contributed by atoms with E-state index in [-0.39, 0.29) is 0 Å². The second kappa shape index (κ2) is 5.49. The summed E-state index contributed by atoms with van der Waals surface area (Å²) in [5, 5.41) is 12.3. The van der Waals surface area contributed by atoms with Gasteiger partial charge in [-0.05, 0) is 42.3 Å². The van der Waals surface area contributed by atoms with Crippen LogP contribution in [-0.4, -0.2) is 11.7 Å². The molecular formula is C15H17N3O. The van der Waals surface area contributed by atoms with Gasteiger partial charge in [0.15, 0.2) is 0 Å². The van der Waals surface area contributed by atoms with E-state index in [0.29, 0.717) is 12.2 Å². The van der Waals surface area contributed by atoms with E-state index < -0.39 is 0 Å². The van der Waals surface area contributed by atoms with Crippen LogP contribution in [0.4, 0.5) is 5.69 Å². The lowest BCUT2D eigenvalue weighted by molar-refractivity contribution is 0.414. The average molecular weight is 255 g/mol. The molecule has 2 rings (SSSR count). The van der Waals surface area contributed by atoms with Crippen LogP contribution in [0.25, 0.3) is 0 Å². The van der Waals surface area contributed by atoms with Crippen LogP contribution in [-0.2, 0) is 13.6 Å². The minimum absolute atomic E-state index is 0.670. The molecule has 4 nitrogen and oxygen atoms in total. The van der Waals surface area contributed by atoms with Crippen LogP contribution in [0, 0.1) is 18.3 Å². The third kappa shape index (κ3) is 2.89. The summed E-state index contributed by atoms with van der Waals surface area (Å²) in [4.78, 5) is 0. The van der Waals surface area contributed by atoms with Gasteiger partial charge in [-0.3, -0.25) is 0 Å². The molecule has 4 heteroatoms. The standard InChI is InChI=1S/C15H17N3O/c1-11-6-14(19-3)4-5-15(11)17-9-12-7-13(8-16)18(2)10-12/h4-7,10,17H,9H2,1-3H3. The summed E-state index contributed by atoms with van der Waals surface area (Å²) in [6.07, 6.45) is 1.96. The monoisotopic (exact) mass is 255 g/mol. The molecule has 1 N–H and O–H groups in total. The molecule has 1 heterocycles. The third-order valence-corrected chi connectivity index (χ3v) is 3.09. The molecule has 0 atom stereocenters. The maximum atomic E-state index is 8.91. The van der Waals surface area contributed by atoms with Gasteiger partial charge in [0.2, 0.25) is 0 Å². The first-order chi connectivity index (χ1) is 9.13. The number of anilines is 1. The Morgan fingerprint density at radius 3 is 2.74 bits per heavy atom. The number of nitrogens with one attached hydrogen (secondary N) is 1. The highest BCUT2D eigenvalue weighted by atomic mass is 16.5. The number of ether oxygens (including phenoxy) is 1. The Morgan fingerprint density at radius 1 is 1.37 bits per heavy atom. The average Bonchev–Trinajstić information content (AvgIpc) is 2.77. The number of rotatable bonds is 4. The van der Waals surface area contributed by atoms with Gasteiger partial charge in [0.1, 0.15) is 17.5 Å². The van der Waals surface area contributed by atoms with E-state index >= 15 is 0 Å². The summed E-state index contributed by atoms with van der Waals surface area (Å²) in [7, 11) is 3.54. The number of hydrogen-bond acceptors (Lipinski definition) is 3. The highest BCUT2D eigenvalue weighted by molar-refractivity contribution is 5.53. The van der Waals surface area contributed by atoms with E-state index in [1.165, 1.54) is 0 Å². The Hall–Kier alpha value is -2.41. The van der Waals surface area contributed by atoms with E-state index in [0.717, 1.165) is 22.6 Å². The number of aryl methyl sites for hydroxylation is 2. The van der Waals surface area contributed by atoms with Crippen LogP contribution < -0.4 is 10.1 Å². The lowest BCUT2D eigenvalue weighted by atomic mass is 10.2. The second-order valence-electron chi connectivity index (χ2n) is 4.49. The molecule has 0 saturated carbocycles. The molecular weight excluding hydrogens is 238 g/mol. The number of nitrogens with zero attached hydrogens (tertiary/aromatic N) is 2. The van der Waals surface area contributed by atoms with E-state index in [4.69, 9.17) is 10.00 Å². The van der Waals surface area contributed by atoms with Crippen LogP contribution in [0.3, 0.4) is 0 Å². The van der Waals surface area contributed by atoms with E-state index in [1.54, 1.807) is 7.11 Å². The Balaban J connectivity index is 2.08. The van der Waals surface area contributed by atoms with Crippen LogP contribution in [0.2, 0.25) is 0 Å². The number of methoxy groups -OCH3 is 1. The van der Waals surface area contributed by atoms with Crippen molar-refractivity contribution in [3.8, 4) is 11.8 Å². The van der Waals surface area contributed by atoms with Crippen molar-refractivity contribution in [2.75, 3.05) is 12.4 Å². The molecule has 0 aliphatic rings. The number of nitriles is 1. The number of aromatic nitrogens is 1. The molecule has 0 radical (unpaired) electrons. The second-order valence-corrected chi connectivity index (χ2v) is 4.49. The van der Waals surface area contributed by atoms with Crippen molar-refractivity contribution in [3.05, 3.63) is 47.3 Å². The quantitative estimate of drug-likeness (QED) is 0.914. The van der Waals surface area contributed by atoms with Crippen molar-refractivity contribution >= 4 is 5.69 Å². The van der Waals surface area contributed by atoms with Crippen molar-refractivity contribution in [1.82, 2.24) is 4.57 Å². The molecule has 0 aliphatic heterocycles. The fourth-order valence-electron chi connectivity index (χ4n) is 2.00. The first-order valence-electron chi connectivity index (χ1n) is 6.08. The van der Waals surface area contributed by atoms with Crippen LogP contribution in [0.1, 0.15) is 16.8 Å². The zero-order chi connectivity index (χ0) is 13.8. The number of hydrogen-bond donors (Lipinski definition) is 1. The molecule has 0 spiro atoms. The zero-order valence-electron chi connectivity index (χ0n) is 11.4. The van der Waals surface area contributed by atoms with E-state index in [9.17, 15) is 0 Å². The lowest BCUT2D eigenvalue weighted by Crippen LogP contribution is -2.00. The third-order valence-electron chi connectivity index (χ3n) is 3.09. The maximum absolute atomic E-state index is 8.91. The van der Waals surface area contributed by atoms with Gasteiger partial charge in [-0.25, -0.2) is 0 Å². The molecule has 0 amide bonds. The molecule has 1 aromatic heterocycles. The molecule has 0 fully saturated rings. The summed E-state index contributed by atoms with van der Waals surface area (Å²) in [6.45, 7) is 2.74. The van der Waals surface area contributed by atoms with Crippen molar-refractivity contribution in [1.29, 1.82) is 5.26 Å². The van der Waals surface area contributed by atoms with Gasteiger partial charge in [0, 0.05) is 25.5 Å². The van der Waals surface area contributed by atoms with Crippen molar-refractivity contribution in [2.45, 2.75) is 13.5 Å². The smallest absolute Gasteiger partial charge is 0.120 e. The SMILES string of the molecule is COc1ccc(NCc2cc(C#N)n(C)c2)c(C)c1. The van der Waals surface area contributed by atoms with Gasteiger partial charge < -0.3 is 14.6 Å². The first-order valence-corrected chi connectivity index (χ1v) is 6.08. The highest BCUT2D eigenvalue weighted by Crippen LogP contribution is 2.21. The van der Waals surface area contributed by atoms with Gasteiger partial charge in [0.25, 0.3) is 0 Å². The predicted molar refractivity (Wildman–Crippen MR) is 75.2 cm³/mol. The summed E-state index contributed by atoms with van der Waals surface area (Å²) in [6, 6.07) is 9.98. The summed E-state index contributed by atoms with van der Waals surface area (Å²) in [5.74, 6) is 0.856. The predicted octanol–water partition coefficient (Wildman–Crippen LogP) is 2.83. The topological polar surface area (TPSA) is 50.0 Å². The van der Waals surface area contributed by atoms with E-state index in [2.05, 4.69) is 11.4 Å². The Bertz CT molecular complexity index is 623. The fourth-order valence-corrected chi connectivity index (χ4v) is 2.00. The highest BCUT2D eigenvalue weighted by Gasteiger charge is 2.04. The van der Waals surface area contributed by atoms with Gasteiger partial charge in [0.05, 0.1) is 7.11 Å². The molecule has 98 valence electrons. The summed E-state index contributed by atoms with van der Waals surface area (Å²) >= 11 is 0. The molecule has 0 aliphatic carbocycles. The summed E-state index contributed by atoms with van der Waals surface area (Å²) in [5.41, 5.74) is 3.97. The van der Waals surface area contributed by atoms with Crippen LogP contribution in [0.5, 0.6) is 5.75 Å². The van der Waals surface area contributed by atoms with Crippen molar-refractivity contribution < 1.29 is 4.74 Å². The normalized spacial score (nSPS) is 10.0. The molecule has 1 aromatic carbocycles. The first kappa shape index (κ1) is 13.0. The number of benzene rings is 1. The molecule has 0 bridgehead atoms. The molecule has 0 saturated heterocycles. The molecule has 19 heavy (non-hydrogen) atoms. The lowest BCUT2D eigenvalue weighted by Gasteiger charge is -2.10.